The summed E-state index contributed by atoms with van der Waals surface area (Å²) in [5.74, 6) is 0.133. The minimum absolute atomic E-state index is 0.114. The van der Waals surface area contributed by atoms with Crippen molar-refractivity contribution in [2.24, 2.45) is 0 Å². The van der Waals surface area contributed by atoms with E-state index in [0.717, 1.165) is 5.56 Å². The molecule has 0 unspecified atom stereocenters. The average molecular weight is 314 g/mol. The summed E-state index contributed by atoms with van der Waals surface area (Å²) in [6.45, 7) is 0. The molecule has 3 rings (SSSR count). The molecule has 0 saturated carbocycles. The van der Waals surface area contributed by atoms with Crippen LogP contribution in [0.5, 0.6) is 5.75 Å². The van der Waals surface area contributed by atoms with Crippen LogP contribution in [0.15, 0.2) is 59.0 Å². The van der Waals surface area contributed by atoms with Crippen molar-refractivity contribution in [2.75, 3.05) is 12.9 Å². The molecule has 0 spiro atoms. The molecule has 0 saturated heterocycles. The number of ketones is 1. The molecule has 0 aromatic heterocycles. The summed E-state index contributed by atoms with van der Waals surface area (Å²) in [7, 11) is -1.93. The highest BCUT2D eigenvalue weighted by atomic mass is 32.2. The monoisotopic (exact) mass is 314 g/mol. The first-order chi connectivity index (χ1) is 10.5. The van der Waals surface area contributed by atoms with E-state index in [1.54, 1.807) is 55.7 Å². The van der Waals surface area contributed by atoms with Crippen LogP contribution in [-0.4, -0.2) is 27.1 Å². The number of rotatable bonds is 2. The van der Waals surface area contributed by atoms with Gasteiger partial charge >= 0.3 is 0 Å². The summed E-state index contributed by atoms with van der Waals surface area (Å²) < 4.78 is 29.8. The Hall–Kier alpha value is -2.40. The fourth-order valence-electron chi connectivity index (χ4n) is 2.49. The quantitative estimate of drug-likeness (QED) is 0.800. The zero-order valence-electron chi connectivity index (χ0n) is 11.9. The van der Waals surface area contributed by atoms with Crippen molar-refractivity contribution in [1.82, 2.24) is 0 Å². The highest BCUT2D eigenvalue weighted by molar-refractivity contribution is 7.91. The van der Waals surface area contributed by atoms with Crippen molar-refractivity contribution in [2.45, 2.75) is 4.90 Å². The molecule has 1 heterocycles. The van der Waals surface area contributed by atoms with Crippen LogP contribution in [0, 0.1) is 0 Å². The van der Waals surface area contributed by atoms with Gasteiger partial charge in [0, 0.05) is 11.1 Å². The number of hydrogen-bond donors (Lipinski definition) is 0. The molecule has 22 heavy (non-hydrogen) atoms. The molecule has 0 fully saturated rings. The molecule has 0 amide bonds. The van der Waals surface area contributed by atoms with E-state index in [1.807, 2.05) is 0 Å². The summed E-state index contributed by atoms with van der Waals surface area (Å²) in [5.41, 5.74) is 1.24. The highest BCUT2D eigenvalue weighted by Gasteiger charge is 2.32. The number of fused-ring (bicyclic) bond motifs is 1. The van der Waals surface area contributed by atoms with E-state index >= 15 is 0 Å². The summed E-state index contributed by atoms with van der Waals surface area (Å²) >= 11 is 0. The second-order valence-electron chi connectivity index (χ2n) is 5.03. The van der Waals surface area contributed by atoms with E-state index in [1.165, 1.54) is 6.07 Å². The topological polar surface area (TPSA) is 60.4 Å². The molecule has 0 N–H and O–H groups in total. The fraction of sp³-hybridized carbons (Fsp3) is 0.118. The SMILES string of the molecule is COc1cccc(C=C2CS(=O)(=O)c3ccccc3C2=O)c1. The summed E-state index contributed by atoms with van der Waals surface area (Å²) in [6, 6.07) is 13.5. The van der Waals surface area contributed by atoms with Gasteiger partial charge in [0.05, 0.1) is 17.8 Å². The van der Waals surface area contributed by atoms with Crippen LogP contribution in [0.2, 0.25) is 0 Å². The van der Waals surface area contributed by atoms with Crippen molar-refractivity contribution in [3.05, 3.63) is 65.2 Å². The molecular formula is C17H14O4S. The zero-order valence-corrected chi connectivity index (χ0v) is 12.8. The van der Waals surface area contributed by atoms with Crippen LogP contribution in [0.4, 0.5) is 0 Å². The van der Waals surface area contributed by atoms with Gasteiger partial charge in [-0.2, -0.15) is 0 Å². The maximum absolute atomic E-state index is 12.5. The van der Waals surface area contributed by atoms with Crippen molar-refractivity contribution >= 4 is 21.7 Å². The van der Waals surface area contributed by atoms with Gasteiger partial charge < -0.3 is 4.74 Å². The van der Waals surface area contributed by atoms with E-state index in [-0.39, 0.29) is 27.6 Å². The molecule has 2 aromatic rings. The van der Waals surface area contributed by atoms with Crippen LogP contribution < -0.4 is 4.74 Å². The molecule has 5 heteroatoms. The molecule has 1 aliphatic rings. The van der Waals surface area contributed by atoms with Crippen LogP contribution in [0.1, 0.15) is 15.9 Å². The van der Waals surface area contributed by atoms with Gasteiger partial charge in [-0.05, 0) is 35.9 Å². The van der Waals surface area contributed by atoms with Crippen LogP contribution >= 0.6 is 0 Å². The summed E-state index contributed by atoms with van der Waals surface area (Å²) in [6.07, 6.45) is 1.61. The Labute approximate surface area is 129 Å². The molecule has 112 valence electrons. The maximum Gasteiger partial charge on any atom is 0.191 e. The van der Waals surface area contributed by atoms with Crippen molar-refractivity contribution < 1.29 is 17.9 Å². The van der Waals surface area contributed by atoms with Gasteiger partial charge in [0.2, 0.25) is 0 Å². The van der Waals surface area contributed by atoms with Gasteiger partial charge in [-0.1, -0.05) is 24.3 Å². The third kappa shape index (κ3) is 2.55. The number of methoxy groups -OCH3 is 1. The number of sulfone groups is 1. The van der Waals surface area contributed by atoms with E-state index in [2.05, 4.69) is 0 Å². The molecule has 2 aromatic carbocycles. The fourth-order valence-corrected chi connectivity index (χ4v) is 4.05. The van der Waals surface area contributed by atoms with Gasteiger partial charge in [-0.3, -0.25) is 4.79 Å². The zero-order chi connectivity index (χ0) is 15.7. The predicted molar refractivity (Wildman–Crippen MR) is 83.8 cm³/mol. The first-order valence-corrected chi connectivity index (χ1v) is 8.37. The van der Waals surface area contributed by atoms with Gasteiger partial charge in [-0.25, -0.2) is 8.42 Å². The van der Waals surface area contributed by atoms with Gasteiger partial charge in [0.15, 0.2) is 15.6 Å². The largest absolute Gasteiger partial charge is 0.497 e. The lowest BCUT2D eigenvalue weighted by Gasteiger charge is -2.17. The first-order valence-electron chi connectivity index (χ1n) is 6.72. The number of hydrogen-bond acceptors (Lipinski definition) is 4. The maximum atomic E-state index is 12.5. The van der Waals surface area contributed by atoms with Crippen molar-refractivity contribution in [3.63, 3.8) is 0 Å². The highest BCUT2D eigenvalue weighted by Crippen LogP contribution is 2.29. The van der Waals surface area contributed by atoms with Crippen LogP contribution in [0.25, 0.3) is 6.08 Å². The normalized spacial score (nSPS) is 18.0. The summed E-state index contributed by atoms with van der Waals surface area (Å²) in [4.78, 5) is 12.6. The second kappa shape index (κ2) is 5.42. The molecule has 0 bridgehead atoms. The molecule has 0 atom stereocenters. The Bertz CT molecular complexity index is 879. The van der Waals surface area contributed by atoms with E-state index < -0.39 is 9.84 Å². The Morgan fingerprint density at radius 3 is 2.64 bits per heavy atom. The smallest absolute Gasteiger partial charge is 0.191 e. The number of ether oxygens (including phenoxy) is 1. The lowest BCUT2D eigenvalue weighted by Crippen LogP contribution is -2.24. The van der Waals surface area contributed by atoms with Gasteiger partial charge in [0.1, 0.15) is 5.75 Å². The predicted octanol–water partition coefficient (Wildman–Crippen LogP) is 2.75. The number of carbonyl (C=O) groups is 1. The lowest BCUT2D eigenvalue weighted by molar-refractivity contribution is 0.103. The molecule has 0 radical (unpaired) electrons. The Morgan fingerprint density at radius 1 is 1.09 bits per heavy atom. The molecule has 0 aliphatic carbocycles. The van der Waals surface area contributed by atoms with Crippen molar-refractivity contribution in [3.8, 4) is 5.75 Å². The standard InChI is InChI=1S/C17H14O4S/c1-21-14-6-4-5-12(10-14)9-13-11-22(19,20)16-8-3-2-7-15(16)17(13)18/h2-10H,11H2,1H3. The molecular weight excluding hydrogens is 300 g/mol. The minimum Gasteiger partial charge on any atom is -0.497 e. The lowest BCUT2D eigenvalue weighted by atomic mass is 10.0. The summed E-state index contributed by atoms with van der Waals surface area (Å²) in [5, 5.41) is 0. The molecule has 4 nitrogen and oxygen atoms in total. The number of Topliss-reactive ketones (excluding diaryl/α,β-unsaturated/α-hetero) is 1. The van der Waals surface area contributed by atoms with Gasteiger partial charge in [-0.15, -0.1) is 0 Å². The Kier molecular flexibility index (Phi) is 3.58. The van der Waals surface area contributed by atoms with E-state index in [9.17, 15) is 13.2 Å². The third-order valence-electron chi connectivity index (χ3n) is 3.54. The molecule has 1 aliphatic heterocycles. The second-order valence-corrected chi connectivity index (χ2v) is 6.99. The number of benzene rings is 2. The minimum atomic E-state index is -3.48. The van der Waals surface area contributed by atoms with E-state index in [4.69, 9.17) is 4.74 Å². The first kappa shape index (κ1) is 14.5. The average Bonchev–Trinajstić information content (AvgIpc) is 2.52. The van der Waals surface area contributed by atoms with Crippen LogP contribution in [0.3, 0.4) is 0 Å². The van der Waals surface area contributed by atoms with E-state index in [0.29, 0.717) is 5.75 Å². The van der Waals surface area contributed by atoms with Crippen molar-refractivity contribution in [1.29, 1.82) is 0 Å². The number of carbonyl (C=O) groups excluding carboxylic acids is 1. The Morgan fingerprint density at radius 2 is 1.86 bits per heavy atom. The van der Waals surface area contributed by atoms with Crippen LogP contribution in [-0.2, 0) is 9.84 Å². The van der Waals surface area contributed by atoms with Gasteiger partial charge in [0.25, 0.3) is 0 Å². The third-order valence-corrected chi connectivity index (χ3v) is 5.26. The Balaban J connectivity index is 2.10.